The number of unbranched alkanes of at least 4 members (excludes halogenated alkanes) is 7. The quantitative estimate of drug-likeness (QED) is 0.266. The van der Waals surface area contributed by atoms with Crippen molar-refractivity contribution in [2.24, 2.45) is 0 Å². The average Bonchev–Trinajstić information content (AvgIpc) is 2.59. The van der Waals surface area contributed by atoms with E-state index in [1.165, 1.54) is 77.0 Å². The lowest BCUT2D eigenvalue weighted by Gasteiger charge is -2.22. The Bertz CT molecular complexity index is 290. The van der Waals surface area contributed by atoms with Gasteiger partial charge in [-0.15, -0.1) is 0 Å². The van der Waals surface area contributed by atoms with E-state index in [-0.39, 0.29) is 6.29 Å². The molecule has 2 nitrogen and oxygen atoms in total. The van der Waals surface area contributed by atoms with Crippen molar-refractivity contribution in [2.75, 3.05) is 13.2 Å². The summed E-state index contributed by atoms with van der Waals surface area (Å²) in [4.78, 5) is 0. The zero-order chi connectivity index (χ0) is 16.4. The monoisotopic (exact) mass is 322 g/mol. The largest absolute Gasteiger partial charge is 0.353 e. The minimum atomic E-state index is 0.0858. The number of rotatable bonds is 14. The molecule has 0 aliphatic carbocycles. The van der Waals surface area contributed by atoms with Gasteiger partial charge in [-0.2, -0.15) is 0 Å². The van der Waals surface area contributed by atoms with E-state index in [0.717, 1.165) is 19.6 Å². The molecule has 1 rings (SSSR count). The summed E-state index contributed by atoms with van der Waals surface area (Å²) in [5.41, 5.74) is 0. The molecule has 1 atom stereocenters. The van der Waals surface area contributed by atoms with Gasteiger partial charge < -0.3 is 9.47 Å². The van der Waals surface area contributed by atoms with Gasteiger partial charge in [-0.3, -0.25) is 0 Å². The molecule has 1 heterocycles. The second kappa shape index (κ2) is 16.3. The van der Waals surface area contributed by atoms with Crippen LogP contribution >= 0.6 is 0 Å². The van der Waals surface area contributed by atoms with Crippen LogP contribution in [0, 0.1) is 0 Å². The first-order chi connectivity index (χ1) is 11.4. The topological polar surface area (TPSA) is 18.5 Å². The van der Waals surface area contributed by atoms with Gasteiger partial charge in [-0.05, 0) is 57.8 Å². The highest BCUT2D eigenvalue weighted by Gasteiger charge is 2.13. The zero-order valence-corrected chi connectivity index (χ0v) is 15.3. The van der Waals surface area contributed by atoms with Crippen molar-refractivity contribution < 1.29 is 9.47 Å². The fraction of sp³-hybridized carbons (Fsp3) is 0.810. The molecule has 0 aromatic carbocycles. The number of hydrogen-bond acceptors (Lipinski definition) is 2. The molecule has 1 fully saturated rings. The Morgan fingerprint density at radius 3 is 2.22 bits per heavy atom. The summed E-state index contributed by atoms with van der Waals surface area (Å²) in [6.07, 6.45) is 25.5. The molecule has 0 aromatic rings. The summed E-state index contributed by atoms with van der Waals surface area (Å²) in [7, 11) is 0. The Morgan fingerprint density at radius 1 is 0.826 bits per heavy atom. The fourth-order valence-corrected chi connectivity index (χ4v) is 2.76. The number of allylic oxidation sites excluding steroid dienone is 4. The molecular weight excluding hydrogens is 284 g/mol. The van der Waals surface area contributed by atoms with Crippen molar-refractivity contribution in [3.8, 4) is 0 Å². The molecule has 2 heteroatoms. The third kappa shape index (κ3) is 13.5. The van der Waals surface area contributed by atoms with Crippen LogP contribution < -0.4 is 0 Å². The van der Waals surface area contributed by atoms with Crippen LogP contribution in [0.1, 0.15) is 90.4 Å². The maximum Gasteiger partial charge on any atom is 0.157 e. The van der Waals surface area contributed by atoms with Gasteiger partial charge in [0.1, 0.15) is 0 Å². The highest BCUT2D eigenvalue weighted by molar-refractivity contribution is 4.87. The Balaban J connectivity index is 1.77. The summed E-state index contributed by atoms with van der Waals surface area (Å²) in [5, 5.41) is 0. The Kier molecular flexibility index (Phi) is 14.5. The van der Waals surface area contributed by atoms with E-state index in [2.05, 4.69) is 31.2 Å². The van der Waals surface area contributed by atoms with Gasteiger partial charge in [0.15, 0.2) is 6.29 Å². The van der Waals surface area contributed by atoms with E-state index in [0.29, 0.717) is 0 Å². The van der Waals surface area contributed by atoms with Crippen LogP contribution in [0.2, 0.25) is 0 Å². The molecule has 0 N–H and O–H groups in total. The van der Waals surface area contributed by atoms with Crippen molar-refractivity contribution in [1.29, 1.82) is 0 Å². The molecule has 0 saturated carbocycles. The maximum atomic E-state index is 5.75. The van der Waals surface area contributed by atoms with E-state index in [4.69, 9.17) is 9.47 Å². The Morgan fingerprint density at radius 2 is 1.52 bits per heavy atom. The maximum absolute atomic E-state index is 5.75. The van der Waals surface area contributed by atoms with Crippen LogP contribution in [0.3, 0.4) is 0 Å². The molecule has 0 aromatic heterocycles. The van der Waals surface area contributed by atoms with Crippen LogP contribution in [0.25, 0.3) is 0 Å². The minimum absolute atomic E-state index is 0.0858. The highest BCUT2D eigenvalue weighted by atomic mass is 16.7. The number of hydrogen-bond donors (Lipinski definition) is 0. The van der Waals surface area contributed by atoms with Crippen molar-refractivity contribution in [1.82, 2.24) is 0 Å². The van der Waals surface area contributed by atoms with E-state index in [9.17, 15) is 0 Å². The summed E-state index contributed by atoms with van der Waals surface area (Å²) in [6.45, 7) is 3.99. The molecule has 134 valence electrons. The smallest absolute Gasteiger partial charge is 0.157 e. The van der Waals surface area contributed by atoms with Crippen LogP contribution in [0.4, 0.5) is 0 Å². The molecule has 1 saturated heterocycles. The summed E-state index contributed by atoms with van der Waals surface area (Å²) in [6, 6.07) is 0. The Labute approximate surface area is 144 Å². The van der Waals surface area contributed by atoms with E-state index in [1.807, 2.05) is 0 Å². The Hall–Kier alpha value is -0.600. The SMILES string of the molecule is CCCCC=CCCC=CCCCCCCOC1CCCCO1. The van der Waals surface area contributed by atoms with E-state index in [1.54, 1.807) is 0 Å². The first-order valence-electron chi connectivity index (χ1n) is 9.96. The molecular formula is C21H38O2. The van der Waals surface area contributed by atoms with Gasteiger partial charge in [-0.25, -0.2) is 0 Å². The first-order valence-corrected chi connectivity index (χ1v) is 9.96. The van der Waals surface area contributed by atoms with Gasteiger partial charge in [0, 0.05) is 13.2 Å². The van der Waals surface area contributed by atoms with Gasteiger partial charge in [0.2, 0.25) is 0 Å². The van der Waals surface area contributed by atoms with Crippen LogP contribution in [-0.4, -0.2) is 19.5 Å². The van der Waals surface area contributed by atoms with Crippen molar-refractivity contribution in [2.45, 2.75) is 96.7 Å². The summed E-state index contributed by atoms with van der Waals surface area (Å²) >= 11 is 0. The molecule has 0 radical (unpaired) electrons. The number of ether oxygens (including phenoxy) is 2. The lowest BCUT2D eigenvalue weighted by atomic mass is 10.1. The lowest BCUT2D eigenvalue weighted by Crippen LogP contribution is -2.22. The molecule has 0 spiro atoms. The summed E-state index contributed by atoms with van der Waals surface area (Å²) in [5.74, 6) is 0. The van der Waals surface area contributed by atoms with Crippen LogP contribution in [0.15, 0.2) is 24.3 Å². The summed E-state index contributed by atoms with van der Waals surface area (Å²) < 4.78 is 11.3. The normalized spacial score (nSPS) is 19.1. The third-order valence-corrected chi connectivity index (χ3v) is 4.26. The van der Waals surface area contributed by atoms with Crippen molar-refractivity contribution in [3.63, 3.8) is 0 Å². The zero-order valence-electron chi connectivity index (χ0n) is 15.3. The van der Waals surface area contributed by atoms with Crippen LogP contribution in [-0.2, 0) is 9.47 Å². The molecule has 23 heavy (non-hydrogen) atoms. The van der Waals surface area contributed by atoms with E-state index < -0.39 is 0 Å². The predicted molar refractivity (Wildman–Crippen MR) is 99.7 cm³/mol. The molecule has 0 bridgehead atoms. The van der Waals surface area contributed by atoms with Gasteiger partial charge in [0.25, 0.3) is 0 Å². The standard InChI is InChI=1S/C21H38O2/c1-2-3-4-5-6-7-8-9-10-11-12-13-14-16-19-22-21-18-15-17-20-23-21/h5-6,9-10,21H,2-4,7-8,11-20H2,1H3. The third-order valence-electron chi connectivity index (χ3n) is 4.26. The van der Waals surface area contributed by atoms with Crippen molar-refractivity contribution in [3.05, 3.63) is 24.3 Å². The minimum Gasteiger partial charge on any atom is -0.353 e. The van der Waals surface area contributed by atoms with E-state index >= 15 is 0 Å². The lowest BCUT2D eigenvalue weighted by molar-refractivity contribution is -0.162. The first kappa shape index (κ1) is 20.4. The molecule has 1 aliphatic rings. The average molecular weight is 323 g/mol. The molecule has 1 aliphatic heterocycles. The molecule has 0 amide bonds. The fourth-order valence-electron chi connectivity index (χ4n) is 2.76. The van der Waals surface area contributed by atoms with Crippen LogP contribution in [0.5, 0.6) is 0 Å². The highest BCUT2D eigenvalue weighted by Crippen LogP contribution is 2.14. The second-order valence-corrected chi connectivity index (χ2v) is 6.53. The molecule has 1 unspecified atom stereocenters. The second-order valence-electron chi connectivity index (χ2n) is 6.53. The van der Waals surface area contributed by atoms with Gasteiger partial charge >= 0.3 is 0 Å². The van der Waals surface area contributed by atoms with Gasteiger partial charge in [0.05, 0.1) is 0 Å². The van der Waals surface area contributed by atoms with Crippen molar-refractivity contribution >= 4 is 0 Å². The predicted octanol–water partition coefficient (Wildman–Crippen LogP) is 6.56. The van der Waals surface area contributed by atoms with Gasteiger partial charge in [-0.1, -0.05) is 56.9 Å².